The molecule has 0 saturated heterocycles. The summed E-state index contributed by atoms with van der Waals surface area (Å²) in [5.41, 5.74) is 0.814. The van der Waals surface area contributed by atoms with Gasteiger partial charge in [-0.2, -0.15) is 0 Å². The van der Waals surface area contributed by atoms with Gasteiger partial charge in [0.15, 0.2) is 6.61 Å². The summed E-state index contributed by atoms with van der Waals surface area (Å²) in [7, 11) is 3.16. The molecule has 0 aliphatic rings. The third-order valence-corrected chi connectivity index (χ3v) is 3.68. The highest BCUT2D eigenvalue weighted by Crippen LogP contribution is 2.22. The lowest BCUT2D eigenvalue weighted by molar-refractivity contribution is -0.151. The first-order chi connectivity index (χ1) is 11.5. The maximum Gasteiger partial charge on any atom is 0.310 e. The highest BCUT2D eigenvalue weighted by atomic mass is 16.5. The van der Waals surface area contributed by atoms with Crippen LogP contribution in [-0.2, 0) is 20.7 Å². The molecule has 0 fully saturated rings. The number of benzene rings is 2. The van der Waals surface area contributed by atoms with Gasteiger partial charge >= 0.3 is 5.97 Å². The molecule has 0 aliphatic carbocycles. The van der Waals surface area contributed by atoms with Crippen LogP contribution in [0.5, 0.6) is 5.75 Å². The van der Waals surface area contributed by atoms with E-state index in [4.69, 9.17) is 14.6 Å². The molecular weight excluding hydrogens is 310 g/mol. The smallest absolute Gasteiger partial charge is 0.310 e. The number of carbonyl (C=O) groups is 2. The second kappa shape index (κ2) is 8.31. The van der Waals surface area contributed by atoms with Crippen LogP contribution in [0.25, 0.3) is 10.8 Å². The van der Waals surface area contributed by atoms with Gasteiger partial charge in [-0.3, -0.25) is 9.59 Å². The van der Waals surface area contributed by atoms with Crippen molar-refractivity contribution in [3.05, 3.63) is 42.0 Å². The van der Waals surface area contributed by atoms with E-state index < -0.39 is 5.97 Å². The van der Waals surface area contributed by atoms with Crippen LogP contribution < -0.4 is 4.74 Å². The van der Waals surface area contributed by atoms with Gasteiger partial charge in [0.2, 0.25) is 0 Å². The summed E-state index contributed by atoms with van der Waals surface area (Å²) in [5, 5.41) is 10.8. The topological polar surface area (TPSA) is 76.1 Å². The zero-order valence-electron chi connectivity index (χ0n) is 13.8. The first-order valence-corrected chi connectivity index (χ1v) is 7.60. The van der Waals surface area contributed by atoms with E-state index in [1.807, 2.05) is 36.4 Å². The van der Waals surface area contributed by atoms with Crippen molar-refractivity contribution in [1.29, 1.82) is 0 Å². The van der Waals surface area contributed by atoms with Crippen molar-refractivity contribution in [2.24, 2.45) is 0 Å². The number of hydrogen-bond donors (Lipinski definition) is 1. The predicted octanol–water partition coefficient (Wildman–Crippen LogP) is 1.38. The molecule has 6 nitrogen and oxygen atoms in total. The van der Waals surface area contributed by atoms with E-state index in [-0.39, 0.29) is 32.1 Å². The van der Waals surface area contributed by atoms with Gasteiger partial charge in [0.25, 0.3) is 5.91 Å². The summed E-state index contributed by atoms with van der Waals surface area (Å²) < 4.78 is 10.2. The monoisotopic (exact) mass is 331 g/mol. The molecule has 2 aromatic carbocycles. The number of likely N-dealkylation sites (N-methyl/N-ethyl adjacent to an activating group) is 1. The minimum Gasteiger partial charge on any atom is -0.497 e. The van der Waals surface area contributed by atoms with Crippen molar-refractivity contribution in [3.8, 4) is 5.75 Å². The van der Waals surface area contributed by atoms with Gasteiger partial charge in [-0.05, 0) is 28.5 Å². The molecular formula is C18H21NO5. The number of esters is 1. The van der Waals surface area contributed by atoms with Gasteiger partial charge in [0.05, 0.1) is 20.1 Å². The van der Waals surface area contributed by atoms with Gasteiger partial charge < -0.3 is 19.5 Å². The SMILES string of the molecule is COc1ccc2cc(CC(=O)OCC(=O)N(C)CCO)ccc2c1. The van der Waals surface area contributed by atoms with Gasteiger partial charge in [0.1, 0.15) is 5.75 Å². The standard InChI is InChI=1S/C18H21NO5/c1-19(7-8-20)17(21)12-24-18(22)10-13-3-4-15-11-16(23-2)6-5-14(15)9-13/h3-6,9,11,20H,7-8,10,12H2,1-2H3. The lowest BCUT2D eigenvalue weighted by Crippen LogP contribution is -2.33. The van der Waals surface area contributed by atoms with Crippen molar-refractivity contribution in [1.82, 2.24) is 4.90 Å². The molecule has 0 atom stereocenters. The number of carbonyl (C=O) groups excluding carboxylic acids is 2. The number of hydrogen-bond acceptors (Lipinski definition) is 5. The normalized spacial score (nSPS) is 10.5. The quantitative estimate of drug-likeness (QED) is 0.776. The van der Waals surface area contributed by atoms with E-state index in [2.05, 4.69) is 0 Å². The van der Waals surface area contributed by atoms with Crippen LogP contribution >= 0.6 is 0 Å². The fraction of sp³-hybridized carbons (Fsp3) is 0.333. The first-order valence-electron chi connectivity index (χ1n) is 7.60. The second-order valence-corrected chi connectivity index (χ2v) is 5.42. The molecule has 128 valence electrons. The maximum atomic E-state index is 11.9. The molecule has 2 aromatic rings. The fourth-order valence-corrected chi connectivity index (χ4v) is 2.26. The van der Waals surface area contributed by atoms with Crippen molar-refractivity contribution < 1.29 is 24.2 Å². The lowest BCUT2D eigenvalue weighted by Gasteiger charge is -2.15. The zero-order chi connectivity index (χ0) is 17.5. The predicted molar refractivity (Wildman–Crippen MR) is 89.9 cm³/mol. The molecule has 0 saturated carbocycles. The van der Waals surface area contributed by atoms with E-state index in [0.717, 1.165) is 22.1 Å². The molecule has 0 unspecified atom stereocenters. The summed E-state index contributed by atoms with van der Waals surface area (Å²) in [6.07, 6.45) is 0.0962. The van der Waals surface area contributed by atoms with Gasteiger partial charge in [-0.15, -0.1) is 0 Å². The highest BCUT2D eigenvalue weighted by Gasteiger charge is 2.12. The number of fused-ring (bicyclic) bond motifs is 1. The van der Waals surface area contributed by atoms with Crippen molar-refractivity contribution in [2.45, 2.75) is 6.42 Å². The molecule has 1 amide bonds. The van der Waals surface area contributed by atoms with E-state index in [9.17, 15) is 9.59 Å². The lowest BCUT2D eigenvalue weighted by atomic mass is 10.0. The Morgan fingerprint density at radius 3 is 2.54 bits per heavy atom. The summed E-state index contributed by atoms with van der Waals surface area (Å²) >= 11 is 0. The third-order valence-electron chi connectivity index (χ3n) is 3.68. The Labute approximate surface area is 140 Å². The van der Waals surface area contributed by atoms with Crippen LogP contribution in [0.3, 0.4) is 0 Å². The summed E-state index contributed by atoms with van der Waals surface area (Å²) in [5.74, 6) is -0.0308. The Kier molecular flexibility index (Phi) is 6.14. The number of ether oxygens (including phenoxy) is 2. The number of nitrogens with zero attached hydrogens (tertiary/aromatic N) is 1. The number of aliphatic hydroxyl groups is 1. The van der Waals surface area contributed by atoms with Crippen LogP contribution in [0, 0.1) is 0 Å². The molecule has 0 aliphatic heterocycles. The average Bonchev–Trinajstić information content (AvgIpc) is 2.59. The Bertz CT molecular complexity index is 728. The van der Waals surface area contributed by atoms with Crippen molar-refractivity contribution in [2.75, 3.05) is 33.9 Å². The zero-order valence-corrected chi connectivity index (χ0v) is 13.8. The Morgan fingerprint density at radius 1 is 1.12 bits per heavy atom. The van der Waals surface area contributed by atoms with Crippen LogP contribution in [0.4, 0.5) is 0 Å². The largest absolute Gasteiger partial charge is 0.497 e. The Morgan fingerprint density at radius 2 is 1.83 bits per heavy atom. The summed E-state index contributed by atoms with van der Waals surface area (Å²) in [6, 6.07) is 11.4. The molecule has 0 spiro atoms. The maximum absolute atomic E-state index is 11.9. The molecule has 2 rings (SSSR count). The summed E-state index contributed by atoms with van der Waals surface area (Å²) in [4.78, 5) is 24.8. The number of amides is 1. The summed E-state index contributed by atoms with van der Waals surface area (Å²) in [6.45, 7) is -0.233. The van der Waals surface area contributed by atoms with Crippen LogP contribution in [0.2, 0.25) is 0 Å². The van der Waals surface area contributed by atoms with Crippen molar-refractivity contribution >= 4 is 22.6 Å². The number of methoxy groups -OCH3 is 1. The molecule has 0 heterocycles. The van der Waals surface area contributed by atoms with Crippen LogP contribution in [0.1, 0.15) is 5.56 Å². The molecule has 0 radical (unpaired) electrons. The van der Waals surface area contributed by atoms with E-state index in [0.29, 0.717) is 0 Å². The van der Waals surface area contributed by atoms with Gasteiger partial charge in [-0.1, -0.05) is 24.3 Å². The van der Waals surface area contributed by atoms with E-state index in [1.54, 1.807) is 14.2 Å². The Balaban J connectivity index is 1.94. The van der Waals surface area contributed by atoms with Crippen LogP contribution in [-0.4, -0.2) is 55.8 Å². The molecule has 0 bridgehead atoms. The van der Waals surface area contributed by atoms with Gasteiger partial charge in [-0.25, -0.2) is 0 Å². The molecule has 6 heteroatoms. The second-order valence-electron chi connectivity index (χ2n) is 5.42. The van der Waals surface area contributed by atoms with Crippen LogP contribution in [0.15, 0.2) is 36.4 Å². The average molecular weight is 331 g/mol. The number of rotatable bonds is 7. The number of aliphatic hydroxyl groups excluding tert-OH is 1. The molecule has 0 aromatic heterocycles. The fourth-order valence-electron chi connectivity index (χ4n) is 2.26. The minimum atomic E-state index is -0.464. The third kappa shape index (κ3) is 4.70. The Hall–Kier alpha value is -2.60. The van der Waals surface area contributed by atoms with Gasteiger partial charge in [0, 0.05) is 13.6 Å². The van der Waals surface area contributed by atoms with E-state index in [1.165, 1.54) is 4.90 Å². The van der Waals surface area contributed by atoms with E-state index >= 15 is 0 Å². The van der Waals surface area contributed by atoms with Crippen molar-refractivity contribution in [3.63, 3.8) is 0 Å². The minimum absolute atomic E-state index is 0.0962. The first kappa shape index (κ1) is 17.7. The molecule has 1 N–H and O–H groups in total. The highest BCUT2D eigenvalue weighted by molar-refractivity contribution is 5.86. The molecule has 24 heavy (non-hydrogen) atoms.